The van der Waals surface area contributed by atoms with Gasteiger partial charge in [0.25, 0.3) is 0 Å². The number of carbonyl (C=O) groups excluding carboxylic acids is 1. The minimum atomic E-state index is -4.11. The molecule has 0 spiro atoms. The zero-order valence-corrected chi connectivity index (χ0v) is 36.6. The summed E-state index contributed by atoms with van der Waals surface area (Å²) in [4.78, 5) is 13.5. The fourth-order valence-electron chi connectivity index (χ4n) is 6.78. The topological polar surface area (TPSA) is 102 Å². The molecular formula is C45H82NO8P. The zero-order chi connectivity index (χ0) is 40.4. The van der Waals surface area contributed by atoms with Crippen LogP contribution in [0, 0.1) is 5.92 Å². The lowest BCUT2D eigenvalue weighted by atomic mass is 9.94. The Balaban J connectivity index is 2.94. The molecule has 1 aliphatic rings. The van der Waals surface area contributed by atoms with Gasteiger partial charge in [0.15, 0.2) is 0 Å². The van der Waals surface area contributed by atoms with E-state index in [9.17, 15) is 9.36 Å². The molecule has 0 aliphatic carbocycles. The Bertz CT molecular complexity index is 1050. The van der Waals surface area contributed by atoms with Crippen molar-refractivity contribution in [3.05, 3.63) is 49.8 Å². The number of phosphoric ester groups is 1. The number of unbranched alkanes of at least 4 members (excludes halogenated alkanes) is 15. The summed E-state index contributed by atoms with van der Waals surface area (Å²) in [6.45, 7) is 18.3. The van der Waals surface area contributed by atoms with Crippen LogP contribution in [0.25, 0.3) is 0 Å². The van der Waals surface area contributed by atoms with Crippen molar-refractivity contribution in [3.8, 4) is 0 Å². The third-order valence-corrected chi connectivity index (χ3v) is 11.5. The third kappa shape index (κ3) is 24.6. The summed E-state index contributed by atoms with van der Waals surface area (Å²) in [5.74, 6) is 0.353. The van der Waals surface area contributed by atoms with E-state index in [-0.39, 0.29) is 19.1 Å². The molecule has 1 fully saturated rings. The average Bonchev–Trinajstić information content (AvgIpc) is 3.18. The molecule has 6 atom stereocenters. The number of amides is 1. The Hall–Kier alpha value is -1.74. The van der Waals surface area contributed by atoms with Crippen molar-refractivity contribution >= 4 is 13.7 Å². The molecule has 1 N–H and O–H groups in total. The summed E-state index contributed by atoms with van der Waals surface area (Å²) in [5, 5.41) is 3.18. The lowest BCUT2D eigenvalue weighted by molar-refractivity contribution is -0.255. The Labute approximate surface area is 337 Å². The van der Waals surface area contributed by atoms with Crippen molar-refractivity contribution in [2.75, 3.05) is 19.8 Å². The van der Waals surface area contributed by atoms with Gasteiger partial charge in [0.05, 0.1) is 25.6 Å². The van der Waals surface area contributed by atoms with Gasteiger partial charge in [0, 0.05) is 13.0 Å². The number of hydrogen-bond donors (Lipinski definition) is 1. The molecule has 10 heteroatoms. The Morgan fingerprint density at radius 3 is 1.93 bits per heavy atom. The van der Waals surface area contributed by atoms with Gasteiger partial charge in [-0.3, -0.25) is 18.4 Å². The van der Waals surface area contributed by atoms with Crippen LogP contribution in [-0.2, 0) is 37.1 Å². The van der Waals surface area contributed by atoms with E-state index < -0.39 is 38.5 Å². The molecule has 1 aliphatic heterocycles. The van der Waals surface area contributed by atoms with Gasteiger partial charge < -0.3 is 19.5 Å². The van der Waals surface area contributed by atoms with Gasteiger partial charge in [-0.25, -0.2) is 4.57 Å². The molecule has 1 rings (SSSR count). The highest BCUT2D eigenvalue weighted by Crippen LogP contribution is 2.52. The maximum atomic E-state index is 13.9. The van der Waals surface area contributed by atoms with Crippen LogP contribution >= 0.6 is 7.82 Å². The number of rotatable bonds is 37. The fourth-order valence-corrected chi connectivity index (χ4v) is 8.10. The van der Waals surface area contributed by atoms with E-state index >= 15 is 0 Å². The highest BCUT2D eigenvalue weighted by Gasteiger charge is 2.51. The van der Waals surface area contributed by atoms with Crippen LogP contribution in [-0.4, -0.2) is 56.4 Å². The van der Waals surface area contributed by atoms with Gasteiger partial charge in [-0.05, 0) is 57.8 Å². The first kappa shape index (κ1) is 51.3. The number of hydrogen-bond acceptors (Lipinski definition) is 8. The minimum Gasteiger partial charge on any atom is -0.471 e. The van der Waals surface area contributed by atoms with Crippen molar-refractivity contribution < 1.29 is 37.1 Å². The van der Waals surface area contributed by atoms with Crippen LogP contribution in [0.4, 0.5) is 0 Å². The smallest absolute Gasteiger partial charge is 0.471 e. The zero-order valence-electron chi connectivity index (χ0n) is 35.7. The molecular weight excluding hydrogens is 713 g/mol. The van der Waals surface area contributed by atoms with Gasteiger partial charge in [-0.1, -0.05) is 148 Å². The van der Waals surface area contributed by atoms with Gasteiger partial charge in [-0.15, -0.1) is 13.2 Å². The molecule has 0 aromatic heterocycles. The summed E-state index contributed by atoms with van der Waals surface area (Å²) in [6.07, 6.45) is 32.5. The van der Waals surface area contributed by atoms with Crippen molar-refractivity contribution in [2.24, 2.45) is 5.92 Å². The normalized spacial score (nSPS) is 20.9. The lowest BCUT2D eigenvalue weighted by Crippen LogP contribution is -2.65. The minimum absolute atomic E-state index is 0.0378. The second kappa shape index (κ2) is 34.3. The van der Waals surface area contributed by atoms with Crippen LogP contribution in [0.5, 0.6) is 0 Å². The summed E-state index contributed by atoms with van der Waals surface area (Å²) in [5.41, 5.74) is 0. The third-order valence-electron chi connectivity index (χ3n) is 10.1. The first-order chi connectivity index (χ1) is 26.8. The van der Waals surface area contributed by atoms with Gasteiger partial charge in [-0.2, -0.15) is 0 Å². The predicted octanol–water partition coefficient (Wildman–Crippen LogP) is 12.9. The highest BCUT2D eigenvalue weighted by atomic mass is 31.2. The average molecular weight is 796 g/mol. The monoisotopic (exact) mass is 796 g/mol. The van der Waals surface area contributed by atoms with E-state index in [0.29, 0.717) is 25.4 Å². The molecule has 55 heavy (non-hydrogen) atoms. The predicted molar refractivity (Wildman–Crippen MR) is 228 cm³/mol. The summed E-state index contributed by atoms with van der Waals surface area (Å²) in [6, 6.07) is -0.738. The molecule has 1 amide bonds. The second-order valence-electron chi connectivity index (χ2n) is 15.1. The first-order valence-corrected chi connectivity index (χ1v) is 23.5. The molecule has 1 unspecified atom stereocenters. The molecule has 1 saturated heterocycles. The number of allylic oxidation sites excluding steroid dienone is 3. The molecule has 0 radical (unpaired) electrons. The molecule has 0 bridgehead atoms. The van der Waals surface area contributed by atoms with Crippen LogP contribution in [0.2, 0.25) is 0 Å². The molecule has 9 nitrogen and oxygen atoms in total. The van der Waals surface area contributed by atoms with Crippen molar-refractivity contribution in [3.63, 3.8) is 0 Å². The highest BCUT2D eigenvalue weighted by molar-refractivity contribution is 7.48. The van der Waals surface area contributed by atoms with E-state index in [4.69, 9.17) is 27.8 Å². The maximum Gasteiger partial charge on any atom is 0.475 e. The maximum absolute atomic E-state index is 13.9. The van der Waals surface area contributed by atoms with Gasteiger partial charge in [0.2, 0.25) is 12.2 Å². The number of carbonyl (C=O) groups is 1. The largest absolute Gasteiger partial charge is 0.475 e. The van der Waals surface area contributed by atoms with Crippen molar-refractivity contribution in [2.45, 2.75) is 207 Å². The molecule has 0 aromatic rings. The number of phosphoric acid groups is 1. The van der Waals surface area contributed by atoms with E-state index in [1.807, 2.05) is 13.8 Å². The Morgan fingerprint density at radius 1 is 0.782 bits per heavy atom. The molecule has 0 aromatic carbocycles. The Morgan fingerprint density at radius 2 is 1.35 bits per heavy atom. The Kier molecular flexibility index (Phi) is 32.0. The molecule has 1 heterocycles. The van der Waals surface area contributed by atoms with E-state index in [0.717, 1.165) is 32.1 Å². The van der Waals surface area contributed by atoms with Gasteiger partial charge >= 0.3 is 7.82 Å². The van der Waals surface area contributed by atoms with Crippen LogP contribution < -0.4 is 5.32 Å². The summed E-state index contributed by atoms with van der Waals surface area (Å²) in [7, 11) is -4.11. The fraction of sp³-hybridized carbons (Fsp3) is 0.800. The van der Waals surface area contributed by atoms with Crippen molar-refractivity contribution in [1.82, 2.24) is 5.32 Å². The van der Waals surface area contributed by atoms with E-state index in [1.54, 1.807) is 12.3 Å². The molecule has 0 saturated carbocycles. The standard InChI is InChI=1S/C45H82NO8P/c1-8-14-16-18-19-20-21-22-23-24-25-26-27-29-31-33-41(47)46-42-44(49-38-34-39(7)32-30-28-17-15-9-2)43(40(13-6)53-45(42)50-35-10-3)54-55(48,51-36-11-4)52-37-12-5/h10-12,20-21,35,39-40,42-45H,4-5,8-9,13-19,22-34,36-38H2,1-3,6-7H3,(H,46,47)/b21-20-,35-10-/t39-,40-,42-,43-,44-,45?/m1/s1. The number of nitrogens with one attached hydrogen (secondary N) is 1. The quantitative estimate of drug-likeness (QED) is 0.0287. The van der Waals surface area contributed by atoms with Crippen LogP contribution in [0.1, 0.15) is 176 Å². The summed E-state index contributed by atoms with van der Waals surface area (Å²) < 4.78 is 50.5. The van der Waals surface area contributed by atoms with Gasteiger partial charge in [0.1, 0.15) is 18.2 Å². The van der Waals surface area contributed by atoms with E-state index in [2.05, 4.69) is 51.4 Å². The number of ether oxygens (including phenoxy) is 3. The van der Waals surface area contributed by atoms with Crippen molar-refractivity contribution in [1.29, 1.82) is 0 Å². The van der Waals surface area contributed by atoms with Crippen LogP contribution in [0.3, 0.4) is 0 Å². The van der Waals surface area contributed by atoms with Crippen LogP contribution in [0.15, 0.2) is 49.8 Å². The lowest BCUT2D eigenvalue weighted by Gasteiger charge is -2.46. The molecule has 320 valence electrons. The van der Waals surface area contributed by atoms with E-state index in [1.165, 1.54) is 108 Å². The SMILES string of the molecule is C=CCOP(=O)(OCC=C)O[C@H]1[C@H](OCC[C@H](C)CCCCCCC)[C@@H](NC(=O)CCCCCCCCC/C=C\CCCCCC)C(O/C=C\C)O[C@@H]1CC. The first-order valence-electron chi connectivity index (χ1n) is 22.1. The second-order valence-corrected chi connectivity index (χ2v) is 16.7. The summed E-state index contributed by atoms with van der Waals surface area (Å²) >= 11 is 0.